The molecule has 2 unspecified atom stereocenters. The van der Waals surface area contributed by atoms with E-state index in [0.29, 0.717) is 30.7 Å². The van der Waals surface area contributed by atoms with Crippen LogP contribution >= 0.6 is 0 Å². The molecule has 0 aliphatic carbocycles. The van der Waals surface area contributed by atoms with Gasteiger partial charge in [0.05, 0.1) is 12.2 Å². The second kappa shape index (κ2) is 9.06. The summed E-state index contributed by atoms with van der Waals surface area (Å²) in [7, 11) is 0. The van der Waals surface area contributed by atoms with Gasteiger partial charge in [-0.25, -0.2) is 0 Å². The Morgan fingerprint density at radius 2 is 2.26 bits per heavy atom. The van der Waals surface area contributed by atoms with Crippen molar-refractivity contribution < 1.29 is 9.32 Å². The minimum absolute atomic E-state index is 0.101. The van der Waals surface area contributed by atoms with Crippen LogP contribution in [-0.4, -0.2) is 24.2 Å². The van der Waals surface area contributed by atoms with Crippen molar-refractivity contribution in [2.24, 2.45) is 11.8 Å². The van der Waals surface area contributed by atoms with Crippen molar-refractivity contribution in [3.63, 3.8) is 0 Å². The highest BCUT2D eigenvalue weighted by Gasteiger charge is 2.22. The zero-order chi connectivity index (χ0) is 16.7. The Morgan fingerprint density at radius 3 is 2.91 bits per heavy atom. The van der Waals surface area contributed by atoms with Gasteiger partial charge >= 0.3 is 0 Å². The van der Waals surface area contributed by atoms with E-state index in [0.717, 1.165) is 37.4 Å². The molecule has 1 aliphatic heterocycles. The van der Waals surface area contributed by atoms with E-state index in [9.17, 15) is 4.79 Å². The molecule has 1 aliphatic rings. The third-order valence-corrected chi connectivity index (χ3v) is 5.09. The van der Waals surface area contributed by atoms with Crippen molar-refractivity contribution >= 4 is 5.91 Å². The molecule has 23 heavy (non-hydrogen) atoms. The van der Waals surface area contributed by atoms with Crippen molar-refractivity contribution in [1.29, 1.82) is 0 Å². The van der Waals surface area contributed by atoms with E-state index in [1.807, 2.05) is 6.07 Å². The summed E-state index contributed by atoms with van der Waals surface area (Å²) < 4.78 is 5.35. The van der Waals surface area contributed by atoms with Gasteiger partial charge in [-0.05, 0) is 50.6 Å². The highest BCUT2D eigenvalue weighted by Crippen LogP contribution is 2.23. The van der Waals surface area contributed by atoms with Crippen molar-refractivity contribution in [2.75, 3.05) is 13.1 Å². The van der Waals surface area contributed by atoms with Crippen LogP contribution in [0.2, 0.25) is 0 Å². The highest BCUT2D eigenvalue weighted by atomic mass is 16.5. The minimum Gasteiger partial charge on any atom is -0.359 e. The molecule has 0 bridgehead atoms. The molecule has 130 valence electrons. The molecule has 1 saturated heterocycles. The van der Waals surface area contributed by atoms with Crippen molar-refractivity contribution in [2.45, 2.75) is 65.3 Å². The zero-order valence-corrected chi connectivity index (χ0v) is 14.7. The third kappa shape index (κ3) is 5.34. The van der Waals surface area contributed by atoms with E-state index in [-0.39, 0.29) is 5.91 Å². The summed E-state index contributed by atoms with van der Waals surface area (Å²) in [6.45, 7) is 9.07. The van der Waals surface area contributed by atoms with Crippen LogP contribution in [0.3, 0.4) is 0 Å². The predicted molar refractivity (Wildman–Crippen MR) is 91.0 cm³/mol. The third-order valence-electron chi connectivity index (χ3n) is 5.09. The molecule has 1 aromatic heterocycles. The molecule has 5 heteroatoms. The summed E-state index contributed by atoms with van der Waals surface area (Å²) in [6.07, 6.45) is 5.14. The molecule has 0 radical (unpaired) electrons. The quantitative estimate of drug-likeness (QED) is 0.771. The van der Waals surface area contributed by atoms with Crippen LogP contribution < -0.4 is 10.6 Å². The fraction of sp³-hybridized carbons (Fsp3) is 0.778. The second-order valence-electron chi connectivity index (χ2n) is 6.80. The highest BCUT2D eigenvalue weighted by molar-refractivity contribution is 5.76. The molecule has 2 N–H and O–H groups in total. The van der Waals surface area contributed by atoms with Crippen LogP contribution in [0.5, 0.6) is 0 Å². The van der Waals surface area contributed by atoms with Gasteiger partial charge in [0.2, 0.25) is 5.91 Å². The van der Waals surface area contributed by atoms with E-state index >= 15 is 0 Å². The van der Waals surface area contributed by atoms with Crippen LogP contribution in [0.15, 0.2) is 10.6 Å². The van der Waals surface area contributed by atoms with E-state index in [2.05, 4.69) is 36.6 Å². The SMILES string of the molecule is CCC(CC)c1cc(CNC(=O)CC(C)C2CCCNC2)on1. The zero-order valence-electron chi connectivity index (χ0n) is 14.7. The summed E-state index contributed by atoms with van der Waals surface area (Å²) >= 11 is 0. The summed E-state index contributed by atoms with van der Waals surface area (Å²) in [4.78, 5) is 12.1. The lowest BCUT2D eigenvalue weighted by Crippen LogP contribution is -2.35. The van der Waals surface area contributed by atoms with E-state index in [1.54, 1.807) is 0 Å². The standard InChI is InChI=1S/C18H31N3O2/c1-4-14(5-2)17-10-16(23-21-17)12-20-18(22)9-13(3)15-7-6-8-19-11-15/h10,13-15,19H,4-9,11-12H2,1-3H3,(H,20,22). The van der Waals surface area contributed by atoms with Gasteiger partial charge in [-0.3, -0.25) is 4.79 Å². The Kier molecular flexibility index (Phi) is 7.09. The smallest absolute Gasteiger partial charge is 0.220 e. The fourth-order valence-electron chi connectivity index (χ4n) is 3.39. The Bertz CT molecular complexity index is 476. The molecule has 2 rings (SSSR count). The van der Waals surface area contributed by atoms with Crippen LogP contribution in [-0.2, 0) is 11.3 Å². The van der Waals surface area contributed by atoms with Gasteiger partial charge in [-0.2, -0.15) is 0 Å². The summed E-state index contributed by atoms with van der Waals surface area (Å²) in [5.41, 5.74) is 1.00. The van der Waals surface area contributed by atoms with Crippen molar-refractivity contribution in [1.82, 2.24) is 15.8 Å². The van der Waals surface area contributed by atoms with Crippen LogP contribution in [0, 0.1) is 11.8 Å². The molecule has 0 saturated carbocycles. The average Bonchev–Trinajstić information content (AvgIpc) is 3.04. The predicted octanol–water partition coefficient (Wildman–Crippen LogP) is 3.22. The molecule has 2 atom stereocenters. The van der Waals surface area contributed by atoms with E-state index in [1.165, 1.54) is 12.8 Å². The van der Waals surface area contributed by atoms with Gasteiger partial charge in [0.1, 0.15) is 0 Å². The Balaban J connectivity index is 1.75. The van der Waals surface area contributed by atoms with Crippen LogP contribution in [0.25, 0.3) is 0 Å². The molecular formula is C18H31N3O2. The van der Waals surface area contributed by atoms with Crippen LogP contribution in [0.1, 0.15) is 70.2 Å². The molecule has 1 aromatic rings. The number of hydrogen-bond acceptors (Lipinski definition) is 4. The number of amides is 1. The van der Waals surface area contributed by atoms with Gasteiger partial charge in [-0.1, -0.05) is 25.9 Å². The molecule has 0 aromatic carbocycles. The fourth-order valence-corrected chi connectivity index (χ4v) is 3.39. The number of carbonyl (C=O) groups excluding carboxylic acids is 1. The summed E-state index contributed by atoms with van der Waals surface area (Å²) in [5, 5.41) is 10.5. The average molecular weight is 321 g/mol. The first-order valence-corrected chi connectivity index (χ1v) is 9.06. The van der Waals surface area contributed by atoms with Gasteiger partial charge < -0.3 is 15.2 Å². The lowest BCUT2D eigenvalue weighted by molar-refractivity contribution is -0.122. The molecule has 1 amide bonds. The minimum atomic E-state index is 0.101. The Labute approximate surface area is 139 Å². The maximum Gasteiger partial charge on any atom is 0.220 e. The first-order chi connectivity index (χ1) is 11.1. The second-order valence-corrected chi connectivity index (χ2v) is 6.80. The molecular weight excluding hydrogens is 290 g/mol. The largest absolute Gasteiger partial charge is 0.359 e. The van der Waals surface area contributed by atoms with E-state index < -0.39 is 0 Å². The number of hydrogen-bond donors (Lipinski definition) is 2. The number of nitrogens with one attached hydrogen (secondary N) is 2. The number of nitrogens with zero attached hydrogens (tertiary/aromatic N) is 1. The van der Waals surface area contributed by atoms with Crippen LogP contribution in [0.4, 0.5) is 0 Å². The molecule has 5 nitrogen and oxygen atoms in total. The maximum absolute atomic E-state index is 12.1. The lowest BCUT2D eigenvalue weighted by Gasteiger charge is -2.27. The van der Waals surface area contributed by atoms with Gasteiger partial charge in [-0.15, -0.1) is 0 Å². The number of rotatable bonds is 8. The van der Waals surface area contributed by atoms with Gasteiger partial charge in [0, 0.05) is 18.4 Å². The molecule has 0 spiro atoms. The molecule has 1 fully saturated rings. The summed E-state index contributed by atoms with van der Waals surface area (Å²) in [6, 6.07) is 1.98. The van der Waals surface area contributed by atoms with Crippen molar-refractivity contribution in [3.05, 3.63) is 17.5 Å². The number of aromatic nitrogens is 1. The lowest BCUT2D eigenvalue weighted by atomic mass is 9.85. The first kappa shape index (κ1) is 18.0. The topological polar surface area (TPSA) is 67.2 Å². The summed E-state index contributed by atoms with van der Waals surface area (Å²) in [5.74, 6) is 2.32. The van der Waals surface area contributed by atoms with E-state index in [4.69, 9.17) is 4.52 Å². The van der Waals surface area contributed by atoms with Crippen molar-refractivity contribution in [3.8, 4) is 0 Å². The Hall–Kier alpha value is -1.36. The van der Waals surface area contributed by atoms with Gasteiger partial charge in [0.15, 0.2) is 5.76 Å². The normalized spacial score (nSPS) is 19.7. The maximum atomic E-state index is 12.1. The first-order valence-electron chi connectivity index (χ1n) is 9.06. The monoisotopic (exact) mass is 321 g/mol. The Morgan fingerprint density at radius 1 is 1.48 bits per heavy atom. The van der Waals surface area contributed by atoms with Gasteiger partial charge in [0.25, 0.3) is 0 Å². The molecule has 2 heterocycles. The number of carbonyl (C=O) groups is 1. The number of piperidine rings is 1.